The van der Waals surface area contributed by atoms with Gasteiger partial charge >= 0.3 is 0 Å². The van der Waals surface area contributed by atoms with Crippen molar-refractivity contribution in [1.82, 2.24) is 10.1 Å². The number of hydrogen-bond acceptors (Lipinski definition) is 5. The second-order valence-electron chi connectivity index (χ2n) is 3.57. The van der Waals surface area contributed by atoms with Gasteiger partial charge < -0.3 is 15.0 Å². The van der Waals surface area contributed by atoms with Crippen molar-refractivity contribution < 1.29 is 18.0 Å². The molecule has 18 heavy (non-hydrogen) atoms. The molecule has 1 heterocycles. The third kappa shape index (κ3) is 2.36. The average Bonchev–Trinajstić information content (AvgIpc) is 2.82. The zero-order chi connectivity index (χ0) is 13.1. The molecule has 0 aliphatic heterocycles. The van der Waals surface area contributed by atoms with E-state index in [-0.39, 0.29) is 36.0 Å². The molecule has 1 aromatic heterocycles. The normalized spacial score (nSPS) is 10.9. The van der Waals surface area contributed by atoms with Gasteiger partial charge in [0.15, 0.2) is 0 Å². The number of ether oxygens (including phenoxy) is 1. The Kier molecular flexibility index (Phi) is 3.63. The molecule has 0 amide bonds. The van der Waals surface area contributed by atoms with E-state index in [1.165, 1.54) is 7.11 Å². The Bertz CT molecular complexity index is 534. The molecule has 1 aromatic carbocycles. The predicted molar refractivity (Wildman–Crippen MR) is 58.3 cm³/mol. The van der Waals surface area contributed by atoms with E-state index in [2.05, 4.69) is 10.1 Å². The van der Waals surface area contributed by atoms with Gasteiger partial charge in [0, 0.05) is 18.2 Å². The predicted octanol–water partition coefficient (Wildman–Crippen LogP) is 1.62. The largest absolute Gasteiger partial charge is 0.380 e. The molecule has 0 bridgehead atoms. The Morgan fingerprint density at radius 2 is 2.00 bits per heavy atom. The molecule has 0 radical (unpaired) electrons. The maximum Gasteiger partial charge on any atom is 0.240 e. The Balaban J connectivity index is 2.40. The number of methoxy groups -OCH3 is 1. The lowest BCUT2D eigenvalue weighted by atomic mass is 10.1. The first kappa shape index (κ1) is 12.6. The molecule has 0 saturated heterocycles. The van der Waals surface area contributed by atoms with Gasteiger partial charge in [0.05, 0.1) is 13.2 Å². The summed E-state index contributed by atoms with van der Waals surface area (Å²) in [6.07, 6.45) is 0. The molecule has 2 rings (SSSR count). The van der Waals surface area contributed by atoms with Crippen molar-refractivity contribution in [2.75, 3.05) is 7.11 Å². The fourth-order valence-electron chi connectivity index (χ4n) is 1.47. The van der Waals surface area contributed by atoms with Crippen LogP contribution in [0.25, 0.3) is 11.4 Å². The van der Waals surface area contributed by atoms with Crippen LogP contribution in [-0.2, 0) is 17.9 Å². The lowest BCUT2D eigenvalue weighted by molar-refractivity contribution is 0.177. The Hall–Kier alpha value is -1.86. The topological polar surface area (TPSA) is 74.2 Å². The standard InChI is InChI=1S/C11H11F2N3O2/c1-17-5-7-8(12)2-6(3-9(7)13)11-15-10(4-14)18-16-11/h2-3H,4-5,14H2,1H3. The van der Waals surface area contributed by atoms with E-state index in [1.54, 1.807) is 0 Å². The third-order valence-corrected chi connectivity index (χ3v) is 2.33. The van der Waals surface area contributed by atoms with Crippen LogP contribution in [-0.4, -0.2) is 17.3 Å². The first-order valence-corrected chi connectivity index (χ1v) is 5.15. The van der Waals surface area contributed by atoms with Crippen LogP contribution < -0.4 is 5.73 Å². The quantitative estimate of drug-likeness (QED) is 0.898. The number of benzene rings is 1. The summed E-state index contributed by atoms with van der Waals surface area (Å²) < 4.78 is 36.8. The van der Waals surface area contributed by atoms with Crippen molar-refractivity contribution in [3.8, 4) is 11.4 Å². The molecule has 0 fully saturated rings. The first-order valence-electron chi connectivity index (χ1n) is 5.15. The van der Waals surface area contributed by atoms with Crippen molar-refractivity contribution in [1.29, 1.82) is 0 Å². The number of nitrogens with zero attached hydrogens (tertiary/aromatic N) is 2. The van der Waals surface area contributed by atoms with Gasteiger partial charge in [-0.2, -0.15) is 4.98 Å². The minimum Gasteiger partial charge on any atom is -0.380 e. The molecule has 0 spiro atoms. The first-order chi connectivity index (χ1) is 8.65. The maximum atomic E-state index is 13.6. The average molecular weight is 255 g/mol. The SMILES string of the molecule is COCc1c(F)cc(-c2noc(CN)n2)cc1F. The lowest BCUT2D eigenvalue weighted by Gasteiger charge is -2.05. The molecule has 0 aliphatic rings. The molecule has 0 atom stereocenters. The van der Waals surface area contributed by atoms with E-state index in [4.69, 9.17) is 15.0 Å². The molecule has 7 heteroatoms. The fourth-order valence-corrected chi connectivity index (χ4v) is 1.47. The Morgan fingerprint density at radius 3 is 2.50 bits per heavy atom. The summed E-state index contributed by atoms with van der Waals surface area (Å²) in [5, 5.41) is 3.58. The van der Waals surface area contributed by atoms with Crippen molar-refractivity contribution in [2.45, 2.75) is 13.2 Å². The summed E-state index contributed by atoms with van der Waals surface area (Å²) in [4.78, 5) is 3.89. The van der Waals surface area contributed by atoms with Gasteiger partial charge in [0.1, 0.15) is 11.6 Å². The van der Waals surface area contributed by atoms with Crippen molar-refractivity contribution in [2.24, 2.45) is 5.73 Å². The molecule has 2 aromatic rings. The maximum absolute atomic E-state index is 13.6. The van der Waals surface area contributed by atoms with Crippen LogP contribution in [0.4, 0.5) is 8.78 Å². The van der Waals surface area contributed by atoms with Crippen LogP contribution in [0.3, 0.4) is 0 Å². The molecule has 2 N–H and O–H groups in total. The smallest absolute Gasteiger partial charge is 0.240 e. The summed E-state index contributed by atoms with van der Waals surface area (Å²) >= 11 is 0. The van der Waals surface area contributed by atoms with Crippen LogP contribution in [0.5, 0.6) is 0 Å². The van der Waals surface area contributed by atoms with Crippen molar-refractivity contribution in [3.05, 3.63) is 35.2 Å². The van der Waals surface area contributed by atoms with Crippen LogP contribution in [0.15, 0.2) is 16.7 Å². The molecular formula is C11H11F2N3O2. The zero-order valence-corrected chi connectivity index (χ0v) is 9.61. The van der Waals surface area contributed by atoms with E-state index in [1.807, 2.05) is 0 Å². The van der Waals surface area contributed by atoms with E-state index < -0.39 is 11.6 Å². The minimum atomic E-state index is -0.717. The number of rotatable bonds is 4. The Morgan fingerprint density at radius 1 is 1.33 bits per heavy atom. The van der Waals surface area contributed by atoms with E-state index in [9.17, 15) is 8.78 Å². The van der Waals surface area contributed by atoms with Gasteiger partial charge in [-0.3, -0.25) is 0 Å². The third-order valence-electron chi connectivity index (χ3n) is 2.33. The van der Waals surface area contributed by atoms with Crippen LogP contribution in [0.1, 0.15) is 11.5 Å². The fraction of sp³-hybridized carbons (Fsp3) is 0.273. The second kappa shape index (κ2) is 5.19. The van der Waals surface area contributed by atoms with Crippen molar-refractivity contribution in [3.63, 3.8) is 0 Å². The van der Waals surface area contributed by atoms with E-state index in [0.29, 0.717) is 0 Å². The monoisotopic (exact) mass is 255 g/mol. The van der Waals surface area contributed by atoms with E-state index >= 15 is 0 Å². The van der Waals surface area contributed by atoms with Crippen LogP contribution in [0.2, 0.25) is 0 Å². The molecule has 0 unspecified atom stereocenters. The number of hydrogen-bond donors (Lipinski definition) is 1. The summed E-state index contributed by atoms with van der Waals surface area (Å²) in [6.45, 7) is -0.0715. The van der Waals surface area contributed by atoms with Gasteiger partial charge in [-0.15, -0.1) is 0 Å². The highest BCUT2D eigenvalue weighted by molar-refractivity contribution is 5.55. The van der Waals surface area contributed by atoms with Gasteiger partial charge in [0.25, 0.3) is 0 Å². The lowest BCUT2D eigenvalue weighted by Crippen LogP contribution is -1.99. The van der Waals surface area contributed by atoms with Crippen LogP contribution >= 0.6 is 0 Å². The minimum absolute atomic E-state index is 0.0692. The molecule has 0 aliphatic carbocycles. The van der Waals surface area contributed by atoms with Gasteiger partial charge in [-0.1, -0.05) is 5.16 Å². The van der Waals surface area contributed by atoms with Gasteiger partial charge in [-0.05, 0) is 12.1 Å². The number of nitrogens with two attached hydrogens (primary N) is 1. The summed E-state index contributed by atoms with van der Waals surface area (Å²) in [5.74, 6) is -1.14. The van der Waals surface area contributed by atoms with Gasteiger partial charge in [-0.25, -0.2) is 8.78 Å². The zero-order valence-electron chi connectivity index (χ0n) is 9.61. The molecule has 96 valence electrons. The van der Waals surface area contributed by atoms with Gasteiger partial charge in [0.2, 0.25) is 11.7 Å². The highest BCUT2D eigenvalue weighted by Crippen LogP contribution is 2.22. The second-order valence-corrected chi connectivity index (χ2v) is 3.57. The van der Waals surface area contributed by atoms with Crippen LogP contribution in [0, 0.1) is 11.6 Å². The summed E-state index contributed by atoms with van der Waals surface area (Å²) in [7, 11) is 1.36. The molecule has 5 nitrogen and oxygen atoms in total. The summed E-state index contributed by atoms with van der Waals surface area (Å²) in [6, 6.07) is 2.26. The summed E-state index contributed by atoms with van der Waals surface area (Å²) in [5.41, 5.74) is 5.36. The molecule has 0 saturated carbocycles. The highest BCUT2D eigenvalue weighted by atomic mass is 19.1. The number of aromatic nitrogens is 2. The molecular weight excluding hydrogens is 244 g/mol. The van der Waals surface area contributed by atoms with E-state index in [0.717, 1.165) is 12.1 Å². The highest BCUT2D eigenvalue weighted by Gasteiger charge is 2.15. The number of halogens is 2. The Labute approximate surface area is 102 Å². The van der Waals surface area contributed by atoms with Crippen molar-refractivity contribution >= 4 is 0 Å².